The van der Waals surface area contributed by atoms with Gasteiger partial charge in [0.2, 0.25) is 28.6 Å². The number of hydrogen-bond donors (Lipinski definition) is 7. The predicted octanol–water partition coefficient (Wildman–Crippen LogP) is 1.63. The Morgan fingerprint density at radius 1 is 0.662 bits per heavy atom. The molecule has 27 heteroatoms. The molecule has 2 aromatic carbocycles. The summed E-state index contributed by atoms with van der Waals surface area (Å²) in [7, 11) is -3.05. The lowest BCUT2D eigenvalue weighted by molar-refractivity contribution is -0.123. The van der Waals surface area contributed by atoms with Crippen LogP contribution in [0.4, 0.5) is 10.9 Å². The first kappa shape index (κ1) is 63.2. The van der Waals surface area contributed by atoms with E-state index in [4.69, 9.17) is 42.3 Å². The number of carbonyl (C=O) groups is 5. The van der Waals surface area contributed by atoms with E-state index in [2.05, 4.69) is 31.6 Å². The quantitative estimate of drug-likeness (QED) is 0.0188. The van der Waals surface area contributed by atoms with Crippen LogP contribution in [0, 0.1) is 6.92 Å². The zero-order chi connectivity index (χ0) is 55.5. The maximum atomic E-state index is 12.8. The topological polar surface area (TPSA) is 320 Å². The van der Waals surface area contributed by atoms with E-state index < -0.39 is 22.4 Å². The van der Waals surface area contributed by atoms with Gasteiger partial charge in [-0.2, -0.15) is 0 Å². The number of aromatic hydroxyl groups is 1. The van der Waals surface area contributed by atoms with Gasteiger partial charge in [0.1, 0.15) is 22.6 Å². The Labute approximate surface area is 452 Å². The number of amides is 5. The summed E-state index contributed by atoms with van der Waals surface area (Å²) in [5.41, 5.74) is 0.217. The number of thiazole rings is 1. The number of thiol groups is 1. The van der Waals surface area contributed by atoms with Gasteiger partial charge in [0.05, 0.1) is 79.3 Å². The third kappa shape index (κ3) is 27.0. The number of hydrogen-bond acceptors (Lipinski definition) is 20. The molecule has 0 atom stereocenters. The Balaban J connectivity index is 0.911. The zero-order valence-electron chi connectivity index (χ0n) is 43.4. The summed E-state index contributed by atoms with van der Waals surface area (Å²) < 4.78 is 74.0. The molecule has 0 unspecified atom stereocenters. The Morgan fingerprint density at radius 2 is 1.22 bits per heavy atom. The Hall–Kier alpha value is -6.30. The second-order valence-electron chi connectivity index (χ2n) is 16.6. The number of phenols is 1. The molecule has 25 nitrogen and oxygen atoms in total. The van der Waals surface area contributed by atoms with Gasteiger partial charge in [-0.1, -0.05) is 23.5 Å². The van der Waals surface area contributed by atoms with E-state index in [1.807, 2.05) is 12.1 Å². The number of anilines is 2. The van der Waals surface area contributed by atoms with Crippen LogP contribution < -0.4 is 41.3 Å². The zero-order valence-corrected chi connectivity index (χ0v) is 45.1. The number of phenolic OH excluding ortho intramolecular Hbond substituents is 1. The van der Waals surface area contributed by atoms with Gasteiger partial charge in [0, 0.05) is 82.0 Å². The molecule has 4 aromatic rings. The van der Waals surface area contributed by atoms with Crippen LogP contribution in [0.1, 0.15) is 53.4 Å². The van der Waals surface area contributed by atoms with E-state index in [-0.39, 0.29) is 97.2 Å². The maximum absolute atomic E-state index is 12.8. The monoisotopic (exact) mass is 1120 g/mol. The Bertz CT molecular complexity index is 2550. The van der Waals surface area contributed by atoms with E-state index >= 15 is 0 Å². The maximum Gasteiger partial charge on any atom is 0.349 e. The molecule has 0 bridgehead atoms. The average Bonchev–Trinajstić information content (AvgIpc) is 3.76. The van der Waals surface area contributed by atoms with Crippen LogP contribution in [0.15, 0.2) is 57.7 Å². The van der Waals surface area contributed by atoms with E-state index in [9.17, 15) is 42.3 Å². The smallest absolute Gasteiger partial charge is 0.349 e. The fourth-order valence-corrected chi connectivity index (χ4v) is 8.18. The van der Waals surface area contributed by atoms with Crippen molar-refractivity contribution in [2.45, 2.75) is 46.0 Å². The molecule has 0 saturated heterocycles. The van der Waals surface area contributed by atoms with Gasteiger partial charge in [0.15, 0.2) is 17.6 Å². The summed E-state index contributed by atoms with van der Waals surface area (Å²) in [6, 6.07) is 13.0. The van der Waals surface area contributed by atoms with Gasteiger partial charge in [-0.15, -0.1) is 0 Å². The minimum Gasteiger partial charge on any atom is -0.508 e. The molecule has 5 amide bonds. The van der Waals surface area contributed by atoms with Crippen LogP contribution in [0.5, 0.6) is 11.5 Å². The van der Waals surface area contributed by atoms with Gasteiger partial charge in [-0.3, -0.25) is 28.3 Å². The fraction of sp³-hybridized carbons (Fsp3) is 0.540. The van der Waals surface area contributed by atoms with Crippen molar-refractivity contribution in [3.63, 3.8) is 0 Å². The first-order valence-electron chi connectivity index (χ1n) is 25.1. The second-order valence-corrected chi connectivity index (χ2v) is 18.8. The molecular weight excluding hydrogens is 1050 g/mol. The highest BCUT2D eigenvalue weighted by atomic mass is 32.2. The number of rotatable bonds is 42. The Morgan fingerprint density at radius 3 is 1.84 bits per heavy atom. The molecule has 0 fully saturated rings. The second kappa shape index (κ2) is 37.5. The summed E-state index contributed by atoms with van der Waals surface area (Å²) in [6.45, 7) is 8.72. The van der Waals surface area contributed by atoms with E-state index in [1.54, 1.807) is 31.2 Å². The van der Waals surface area contributed by atoms with E-state index in [0.717, 1.165) is 21.2 Å². The van der Waals surface area contributed by atoms with Crippen molar-refractivity contribution in [3.8, 4) is 11.5 Å². The molecule has 2 aromatic heterocycles. The lowest BCUT2D eigenvalue weighted by atomic mass is 10.1. The number of aromatic nitrogens is 1. The third-order valence-electron chi connectivity index (χ3n) is 10.5. The van der Waals surface area contributed by atoms with Crippen LogP contribution in [0.3, 0.4) is 0 Å². The Kier molecular flexibility index (Phi) is 30.8. The molecule has 77 heavy (non-hydrogen) atoms. The van der Waals surface area contributed by atoms with Crippen LogP contribution in [-0.2, 0) is 69.6 Å². The van der Waals surface area contributed by atoms with Crippen LogP contribution in [0.25, 0.3) is 11.0 Å². The molecule has 2 heterocycles. The van der Waals surface area contributed by atoms with Crippen molar-refractivity contribution < 1.29 is 79.8 Å². The highest BCUT2D eigenvalue weighted by Gasteiger charge is 2.19. The lowest BCUT2D eigenvalue weighted by Gasteiger charge is -2.15. The highest BCUT2D eigenvalue weighted by molar-refractivity contribution is 7.74. The molecular formula is C50H71N7O18S2. The molecule has 0 saturated carbocycles. The largest absolute Gasteiger partial charge is 0.508 e. The molecule has 426 valence electrons. The van der Waals surface area contributed by atoms with E-state index in [0.29, 0.717) is 134 Å². The number of ether oxygens (including phenoxy) is 8. The summed E-state index contributed by atoms with van der Waals surface area (Å²) in [5, 5.41) is 23.6. The molecule has 0 aliphatic rings. The number of nitrogens with one attached hydrogen (secondary N) is 5. The molecule has 0 aliphatic carbocycles. The van der Waals surface area contributed by atoms with Crippen molar-refractivity contribution in [2.24, 2.45) is 0 Å². The number of fused-ring (bicyclic) bond motifs is 1. The standard InChI is InChI=1S/C50H71N7O18S2/c1-36-47(56-50(76-36)55-37(2)58)57(77(65)66)18-12-44(60)51-14-3-19-67-23-27-71-28-24-68-20-4-15-54-48(63)42-33-39-7-10-41(34-43(39)75-49(42)64)74-35-46(62)53-17-22-70-26-30-73-32-31-72-29-25-69-21-13-45(61)52-16-11-38-5-8-40(59)9-6-38/h5-10,33-34,59,77H,3-4,11-32,35H2,1-2H3,(H,51,60)(H,52,61)(H,53,62)(H,54,63)(H,55,56,58). The number of benzene rings is 2. The summed E-state index contributed by atoms with van der Waals surface area (Å²) in [5.74, 6) is -1.05. The number of nitrogens with zero attached hydrogens (tertiary/aromatic N) is 2. The summed E-state index contributed by atoms with van der Waals surface area (Å²) in [4.78, 5) is 78.0. The SMILES string of the molecule is CC(=O)Nc1nc(N(CCC(=O)NCCCOCCOCCOCCCNC(=O)c2cc3ccc(OCC(=O)NCCOCCOCCOCCOCCC(=O)NCCc4ccc(O)cc4)cc3oc2=O)[SH](=O)=O)c(C)s1. The van der Waals surface area contributed by atoms with Gasteiger partial charge < -0.3 is 74.0 Å². The van der Waals surface area contributed by atoms with Gasteiger partial charge in [-0.25, -0.2) is 18.2 Å². The minimum absolute atomic E-state index is 0.0741. The van der Waals surface area contributed by atoms with Crippen molar-refractivity contribution in [3.05, 3.63) is 75.0 Å². The molecule has 4 rings (SSSR count). The lowest BCUT2D eigenvalue weighted by Crippen LogP contribution is -2.32. The number of carbonyl (C=O) groups excluding carboxylic acids is 5. The van der Waals surface area contributed by atoms with Crippen molar-refractivity contribution >= 4 is 73.7 Å². The van der Waals surface area contributed by atoms with Crippen molar-refractivity contribution in [1.82, 2.24) is 26.3 Å². The molecule has 0 spiro atoms. The fourth-order valence-electron chi connectivity index (χ4n) is 6.63. The van der Waals surface area contributed by atoms with Gasteiger partial charge in [-0.05, 0) is 62.1 Å². The van der Waals surface area contributed by atoms with Crippen LogP contribution >= 0.6 is 11.3 Å². The minimum atomic E-state index is -3.05. The number of aryl methyl sites for hydroxylation is 1. The van der Waals surface area contributed by atoms with E-state index in [1.165, 1.54) is 19.1 Å². The third-order valence-corrected chi connectivity index (χ3v) is 12.1. The summed E-state index contributed by atoms with van der Waals surface area (Å²) in [6.07, 6.45) is 1.88. The molecule has 6 N–H and O–H groups in total. The average molecular weight is 1120 g/mol. The first-order chi connectivity index (χ1) is 37.3. The van der Waals surface area contributed by atoms with Gasteiger partial charge >= 0.3 is 5.63 Å². The molecule has 0 aliphatic heterocycles. The van der Waals surface area contributed by atoms with Crippen molar-refractivity contribution in [1.29, 1.82) is 0 Å². The van der Waals surface area contributed by atoms with Crippen LogP contribution in [-0.4, -0.2) is 180 Å². The highest BCUT2D eigenvalue weighted by Crippen LogP contribution is 2.29. The first-order valence-corrected chi connectivity index (χ1v) is 27.0. The van der Waals surface area contributed by atoms with Gasteiger partial charge in [0.25, 0.3) is 11.8 Å². The molecule has 0 radical (unpaired) electrons. The summed E-state index contributed by atoms with van der Waals surface area (Å²) >= 11 is 1.14. The van der Waals surface area contributed by atoms with Crippen molar-refractivity contribution in [2.75, 3.05) is 141 Å². The normalized spacial score (nSPS) is 11.2. The predicted molar refractivity (Wildman–Crippen MR) is 284 cm³/mol. The van der Waals surface area contributed by atoms with Crippen LogP contribution in [0.2, 0.25) is 0 Å².